The Bertz CT molecular complexity index is 630. The Kier molecular flexibility index (Phi) is 4.77. The van der Waals surface area contributed by atoms with Crippen molar-refractivity contribution in [1.29, 1.82) is 0 Å². The van der Waals surface area contributed by atoms with E-state index in [9.17, 15) is 4.79 Å². The largest absolute Gasteiger partial charge is 0.467 e. The van der Waals surface area contributed by atoms with E-state index < -0.39 is 0 Å². The topological polar surface area (TPSA) is 58.4 Å². The molecule has 3 heterocycles. The number of furan rings is 1. The number of likely N-dealkylation sites (tertiary alicyclic amines) is 1. The molecular weight excluding hydrogens is 346 g/mol. The molecule has 0 spiro atoms. The van der Waals surface area contributed by atoms with E-state index in [4.69, 9.17) is 4.42 Å². The number of rotatable bonds is 2. The van der Waals surface area contributed by atoms with Crippen molar-refractivity contribution >= 4 is 27.6 Å². The van der Waals surface area contributed by atoms with Crippen LogP contribution < -0.4 is 5.32 Å². The minimum atomic E-state index is -0.0959. The summed E-state index contributed by atoms with van der Waals surface area (Å²) in [6, 6.07) is 7.29. The summed E-state index contributed by atoms with van der Waals surface area (Å²) < 4.78 is 6.24. The molecule has 1 aliphatic rings. The molecule has 116 valence electrons. The van der Waals surface area contributed by atoms with Crippen LogP contribution in [-0.4, -0.2) is 22.5 Å². The van der Waals surface area contributed by atoms with Gasteiger partial charge in [-0.25, -0.2) is 9.78 Å². The van der Waals surface area contributed by atoms with Crippen LogP contribution in [0.1, 0.15) is 37.5 Å². The predicted molar refractivity (Wildman–Crippen MR) is 87.6 cm³/mol. The number of anilines is 1. The summed E-state index contributed by atoms with van der Waals surface area (Å²) >= 11 is 3.31. The zero-order valence-corrected chi connectivity index (χ0v) is 13.8. The van der Waals surface area contributed by atoms with Gasteiger partial charge in [0, 0.05) is 18.4 Å². The maximum absolute atomic E-state index is 12.7. The average Bonchev–Trinajstić information content (AvgIpc) is 2.91. The van der Waals surface area contributed by atoms with Crippen molar-refractivity contribution in [3.05, 3.63) is 47.1 Å². The Morgan fingerprint density at radius 2 is 2.27 bits per heavy atom. The van der Waals surface area contributed by atoms with Gasteiger partial charge in [-0.1, -0.05) is 12.8 Å². The van der Waals surface area contributed by atoms with Crippen molar-refractivity contribution in [3.63, 3.8) is 0 Å². The molecule has 5 nitrogen and oxygen atoms in total. The molecule has 1 N–H and O–H groups in total. The van der Waals surface area contributed by atoms with Crippen molar-refractivity contribution in [2.45, 2.75) is 31.7 Å². The minimum Gasteiger partial charge on any atom is -0.467 e. The lowest BCUT2D eigenvalue weighted by Gasteiger charge is -2.28. The van der Waals surface area contributed by atoms with Gasteiger partial charge in [0.1, 0.15) is 10.4 Å². The Balaban J connectivity index is 1.78. The lowest BCUT2D eigenvalue weighted by Crippen LogP contribution is -2.37. The number of aromatic nitrogens is 1. The highest BCUT2D eigenvalue weighted by Crippen LogP contribution is 2.31. The summed E-state index contributed by atoms with van der Waals surface area (Å²) in [4.78, 5) is 18.6. The van der Waals surface area contributed by atoms with E-state index in [-0.39, 0.29) is 12.1 Å². The summed E-state index contributed by atoms with van der Waals surface area (Å²) in [6.45, 7) is 0.740. The van der Waals surface area contributed by atoms with Gasteiger partial charge in [0.25, 0.3) is 0 Å². The summed E-state index contributed by atoms with van der Waals surface area (Å²) in [7, 11) is 0. The first-order valence-corrected chi connectivity index (χ1v) is 8.26. The fourth-order valence-corrected chi connectivity index (χ4v) is 3.17. The van der Waals surface area contributed by atoms with Gasteiger partial charge in [-0.3, -0.25) is 0 Å². The molecule has 1 fully saturated rings. The number of carbonyl (C=O) groups is 1. The number of nitrogens with one attached hydrogen (secondary N) is 1. The van der Waals surface area contributed by atoms with E-state index in [0.717, 1.165) is 43.7 Å². The molecule has 2 aromatic rings. The molecule has 22 heavy (non-hydrogen) atoms. The standard InChI is InChI=1S/C16H18BrN3O2/c17-15-11-12(7-8-18-15)19-16(21)20-9-3-1-2-5-13(20)14-6-4-10-22-14/h4,6-8,10-11,13H,1-3,5,9H2,(H,18,19,21)/t13-/m1/s1. The maximum Gasteiger partial charge on any atom is 0.322 e. The first kappa shape index (κ1) is 15.1. The first-order valence-electron chi connectivity index (χ1n) is 7.46. The Morgan fingerprint density at radius 1 is 1.36 bits per heavy atom. The summed E-state index contributed by atoms with van der Waals surface area (Å²) in [6.07, 6.45) is 7.52. The molecule has 0 radical (unpaired) electrons. The highest BCUT2D eigenvalue weighted by atomic mass is 79.9. The van der Waals surface area contributed by atoms with Crippen molar-refractivity contribution < 1.29 is 9.21 Å². The third-order valence-corrected chi connectivity index (χ3v) is 4.30. The van der Waals surface area contributed by atoms with Gasteiger partial charge in [-0.05, 0) is 53.0 Å². The molecule has 1 atom stereocenters. The molecular formula is C16H18BrN3O2. The number of carbonyl (C=O) groups excluding carboxylic acids is 1. The summed E-state index contributed by atoms with van der Waals surface area (Å²) in [5.41, 5.74) is 0.731. The third-order valence-electron chi connectivity index (χ3n) is 3.86. The van der Waals surface area contributed by atoms with Crippen LogP contribution in [0.2, 0.25) is 0 Å². The molecule has 0 bridgehead atoms. The zero-order valence-electron chi connectivity index (χ0n) is 12.2. The molecule has 2 aromatic heterocycles. The highest BCUT2D eigenvalue weighted by Gasteiger charge is 2.28. The van der Waals surface area contributed by atoms with E-state index >= 15 is 0 Å². The second-order valence-electron chi connectivity index (χ2n) is 5.37. The normalized spacial score (nSPS) is 18.8. The number of hydrogen-bond acceptors (Lipinski definition) is 3. The van der Waals surface area contributed by atoms with E-state index in [1.165, 1.54) is 0 Å². The predicted octanol–water partition coefficient (Wildman–Crippen LogP) is 4.59. The van der Waals surface area contributed by atoms with Crippen molar-refractivity contribution in [3.8, 4) is 0 Å². The number of urea groups is 1. The smallest absolute Gasteiger partial charge is 0.322 e. The van der Waals surface area contributed by atoms with E-state index in [0.29, 0.717) is 4.60 Å². The Hall–Kier alpha value is -1.82. The maximum atomic E-state index is 12.7. The molecule has 0 aliphatic carbocycles. The van der Waals surface area contributed by atoms with Gasteiger partial charge in [0.15, 0.2) is 0 Å². The molecule has 6 heteroatoms. The Labute approximate surface area is 137 Å². The van der Waals surface area contributed by atoms with E-state index in [2.05, 4.69) is 26.2 Å². The lowest BCUT2D eigenvalue weighted by atomic mass is 10.1. The van der Waals surface area contributed by atoms with E-state index in [1.807, 2.05) is 17.0 Å². The number of halogens is 1. The monoisotopic (exact) mass is 363 g/mol. The van der Waals surface area contributed by atoms with Crippen molar-refractivity contribution in [2.24, 2.45) is 0 Å². The van der Waals surface area contributed by atoms with Crippen molar-refractivity contribution in [2.75, 3.05) is 11.9 Å². The number of hydrogen-bond donors (Lipinski definition) is 1. The summed E-state index contributed by atoms with van der Waals surface area (Å²) in [5, 5.41) is 2.95. The summed E-state index contributed by atoms with van der Waals surface area (Å²) in [5.74, 6) is 0.855. The van der Waals surface area contributed by atoms with Crippen LogP contribution in [0.5, 0.6) is 0 Å². The lowest BCUT2D eigenvalue weighted by molar-refractivity contribution is 0.179. The third kappa shape index (κ3) is 3.50. The molecule has 1 saturated heterocycles. The SMILES string of the molecule is O=C(Nc1ccnc(Br)c1)N1CCCCC[C@@H]1c1ccco1. The van der Waals surface area contributed by atoms with Crippen LogP contribution in [0.4, 0.5) is 10.5 Å². The van der Waals surface area contributed by atoms with Gasteiger partial charge in [0.2, 0.25) is 0 Å². The first-order chi connectivity index (χ1) is 10.7. The minimum absolute atomic E-state index is 0.00257. The van der Waals surface area contributed by atoms with Gasteiger partial charge < -0.3 is 14.6 Å². The quantitative estimate of drug-likeness (QED) is 0.794. The van der Waals surface area contributed by atoms with Crippen LogP contribution in [-0.2, 0) is 0 Å². The van der Waals surface area contributed by atoms with Crippen LogP contribution in [0.25, 0.3) is 0 Å². The number of pyridine rings is 1. The zero-order chi connectivity index (χ0) is 15.4. The Morgan fingerprint density at radius 3 is 3.05 bits per heavy atom. The molecule has 0 aromatic carbocycles. The van der Waals surface area contributed by atoms with Crippen LogP contribution in [0.3, 0.4) is 0 Å². The van der Waals surface area contributed by atoms with Gasteiger partial charge >= 0.3 is 6.03 Å². The fourth-order valence-electron chi connectivity index (χ4n) is 2.80. The number of amides is 2. The molecule has 1 aliphatic heterocycles. The number of nitrogens with zero attached hydrogens (tertiary/aromatic N) is 2. The fraction of sp³-hybridized carbons (Fsp3) is 0.375. The second-order valence-corrected chi connectivity index (χ2v) is 6.18. The van der Waals surface area contributed by atoms with E-state index in [1.54, 1.807) is 24.6 Å². The molecule has 2 amide bonds. The van der Waals surface area contributed by atoms with Gasteiger partial charge in [-0.15, -0.1) is 0 Å². The van der Waals surface area contributed by atoms with Gasteiger partial charge in [-0.2, -0.15) is 0 Å². The average molecular weight is 364 g/mol. The van der Waals surface area contributed by atoms with Crippen LogP contribution in [0, 0.1) is 0 Å². The van der Waals surface area contributed by atoms with Crippen LogP contribution >= 0.6 is 15.9 Å². The second kappa shape index (κ2) is 6.96. The van der Waals surface area contributed by atoms with Gasteiger partial charge in [0.05, 0.1) is 12.3 Å². The van der Waals surface area contributed by atoms with Crippen molar-refractivity contribution in [1.82, 2.24) is 9.88 Å². The molecule has 0 saturated carbocycles. The molecule has 3 rings (SSSR count). The molecule has 0 unspecified atom stereocenters. The highest BCUT2D eigenvalue weighted by molar-refractivity contribution is 9.10. The van der Waals surface area contributed by atoms with Crippen LogP contribution in [0.15, 0.2) is 45.7 Å².